The van der Waals surface area contributed by atoms with E-state index in [4.69, 9.17) is 4.18 Å². The Hall–Kier alpha value is -1.95. The first-order valence-electron chi connectivity index (χ1n) is 8.24. The van der Waals surface area contributed by atoms with Crippen molar-refractivity contribution >= 4 is 42.6 Å². The second kappa shape index (κ2) is 9.04. The van der Waals surface area contributed by atoms with Gasteiger partial charge in [-0.25, -0.2) is 0 Å². The number of benzene rings is 3. The van der Waals surface area contributed by atoms with Gasteiger partial charge in [0.25, 0.3) is 10.1 Å². The first kappa shape index (κ1) is 24.3. The van der Waals surface area contributed by atoms with Crippen LogP contribution in [-0.4, -0.2) is 27.3 Å². The predicted octanol–water partition coefficient (Wildman–Crippen LogP) is -0.423. The molecule has 152 valence electrons. The number of aryl methyl sites for hydroxylation is 1. The van der Waals surface area contributed by atoms with Gasteiger partial charge < -0.3 is 9.29 Å². The van der Waals surface area contributed by atoms with Gasteiger partial charge in [0.05, 0.1) is 10.6 Å². The average Bonchev–Trinajstić information content (AvgIpc) is 2.60. The number of nitrogens with zero attached hydrogens (tertiary/aromatic N) is 1. The first-order chi connectivity index (χ1) is 13.5. The monoisotopic (exact) mass is 457 g/mol. The van der Waals surface area contributed by atoms with Crippen LogP contribution < -0.4 is 38.8 Å². The van der Waals surface area contributed by atoms with Gasteiger partial charge in [0.15, 0.2) is 5.75 Å². The van der Waals surface area contributed by atoms with Gasteiger partial charge in [-0.15, -0.1) is 0 Å². The van der Waals surface area contributed by atoms with Gasteiger partial charge in [-0.1, -0.05) is 17.7 Å². The third-order valence-corrected chi connectivity index (χ3v) is 6.05. The van der Waals surface area contributed by atoms with Gasteiger partial charge in [-0.2, -0.15) is 16.8 Å². The van der Waals surface area contributed by atoms with Crippen molar-refractivity contribution in [2.75, 3.05) is 0 Å². The van der Waals surface area contributed by atoms with Crippen LogP contribution in [0.2, 0.25) is 0 Å². The summed E-state index contributed by atoms with van der Waals surface area (Å²) in [4.78, 5) is 3.08. The van der Waals surface area contributed by atoms with Crippen LogP contribution in [0, 0.1) is 6.92 Å². The van der Waals surface area contributed by atoms with Crippen molar-refractivity contribution < 1.29 is 60.2 Å². The van der Waals surface area contributed by atoms with Crippen LogP contribution in [0.1, 0.15) is 12.5 Å². The second-order valence-electron chi connectivity index (χ2n) is 6.28. The van der Waals surface area contributed by atoms with Crippen LogP contribution in [0.15, 0.2) is 69.4 Å². The average molecular weight is 457 g/mol. The molecule has 0 saturated carbocycles. The largest absolute Gasteiger partial charge is 1.00 e. The van der Waals surface area contributed by atoms with Crippen molar-refractivity contribution in [2.24, 2.45) is 4.99 Å². The first-order valence-corrected chi connectivity index (χ1v) is 11.1. The molecular formula is C19H16NNaO7S2. The molecule has 0 fully saturated rings. The maximum atomic E-state index is 12.6. The second-order valence-corrected chi connectivity index (χ2v) is 9.25. The summed E-state index contributed by atoms with van der Waals surface area (Å²) in [6.07, 6.45) is 0. The topological polar surface area (TPSA) is 133 Å². The molecule has 0 bridgehead atoms. The summed E-state index contributed by atoms with van der Waals surface area (Å²) < 4.78 is 63.2. The molecule has 3 aromatic rings. The minimum atomic E-state index is -4.65. The van der Waals surface area contributed by atoms with E-state index in [1.165, 1.54) is 37.3 Å². The van der Waals surface area contributed by atoms with Crippen LogP contribution in [0.5, 0.6) is 5.75 Å². The standard InChI is InChI=1S/C19H17NO7S2.Na/c1-12-3-6-16(7-4-12)29(25,26)27-19-11-17(28(22,23)24)10-14-9-15(20-13(2)21)5-8-18(14)19;/h3-11H,1-2H3,(H,20,21)(H,22,23,24);/q;+1/p-1. The maximum Gasteiger partial charge on any atom is 1.00 e. The molecule has 0 unspecified atom stereocenters. The number of aliphatic imine (C=N–C) groups is 1. The van der Waals surface area contributed by atoms with Crippen LogP contribution in [0.4, 0.5) is 5.69 Å². The van der Waals surface area contributed by atoms with Crippen molar-refractivity contribution in [3.8, 4) is 5.75 Å². The maximum absolute atomic E-state index is 12.6. The van der Waals surface area contributed by atoms with E-state index in [0.717, 1.165) is 17.7 Å². The molecule has 11 heteroatoms. The van der Waals surface area contributed by atoms with Gasteiger partial charge in [0.1, 0.15) is 4.90 Å². The van der Waals surface area contributed by atoms with Gasteiger partial charge in [0.2, 0.25) is 0 Å². The van der Waals surface area contributed by atoms with Crippen LogP contribution in [0.3, 0.4) is 0 Å². The van der Waals surface area contributed by atoms with E-state index in [1.807, 2.05) is 0 Å². The fourth-order valence-electron chi connectivity index (χ4n) is 2.64. The molecule has 0 radical (unpaired) electrons. The Morgan fingerprint density at radius 3 is 2.17 bits per heavy atom. The summed E-state index contributed by atoms with van der Waals surface area (Å²) in [6, 6.07) is 12.3. The van der Waals surface area contributed by atoms with E-state index in [0.29, 0.717) is 0 Å². The Bertz CT molecular complexity index is 1330. The van der Waals surface area contributed by atoms with Crippen LogP contribution in [-0.2, 0) is 20.2 Å². The Balaban J connectivity index is 0.00000320. The molecular weight excluding hydrogens is 441 g/mol. The SMILES string of the molecule is CC([O-])=Nc1ccc2c(OS(=O)(=O)c3ccc(C)cc3)cc(S(=O)(=O)O)cc2c1.[Na+]. The van der Waals surface area contributed by atoms with E-state index in [2.05, 4.69) is 4.99 Å². The summed E-state index contributed by atoms with van der Waals surface area (Å²) in [6.45, 7) is 3.05. The van der Waals surface area contributed by atoms with Gasteiger partial charge in [-0.3, -0.25) is 9.55 Å². The number of rotatable bonds is 5. The molecule has 0 heterocycles. The molecule has 8 nitrogen and oxygen atoms in total. The zero-order valence-electron chi connectivity index (χ0n) is 16.4. The van der Waals surface area contributed by atoms with Crippen molar-refractivity contribution in [3.05, 3.63) is 60.2 Å². The smallest absolute Gasteiger partial charge is 0.862 e. The van der Waals surface area contributed by atoms with E-state index >= 15 is 0 Å². The number of hydrogen-bond acceptors (Lipinski definition) is 7. The Morgan fingerprint density at radius 1 is 0.967 bits per heavy atom. The summed E-state index contributed by atoms with van der Waals surface area (Å²) >= 11 is 0. The quantitative estimate of drug-likeness (QED) is 0.181. The Labute approximate surface area is 196 Å². The molecule has 0 spiro atoms. The van der Waals surface area contributed by atoms with Crippen molar-refractivity contribution in [2.45, 2.75) is 23.6 Å². The zero-order valence-corrected chi connectivity index (χ0v) is 20.0. The van der Waals surface area contributed by atoms with E-state index < -0.39 is 31.0 Å². The molecule has 0 aliphatic rings. The van der Waals surface area contributed by atoms with E-state index in [-0.39, 0.29) is 56.7 Å². The molecule has 0 aliphatic heterocycles. The Kier molecular flexibility index (Phi) is 7.33. The summed E-state index contributed by atoms with van der Waals surface area (Å²) in [5.74, 6) is -0.751. The normalized spacial score (nSPS) is 12.4. The van der Waals surface area contributed by atoms with Gasteiger partial charge >= 0.3 is 39.7 Å². The third-order valence-electron chi connectivity index (χ3n) is 3.97. The van der Waals surface area contributed by atoms with E-state index in [1.54, 1.807) is 19.1 Å². The third kappa shape index (κ3) is 5.60. The van der Waals surface area contributed by atoms with Crippen LogP contribution in [0.25, 0.3) is 10.8 Å². The molecule has 3 rings (SSSR count). The van der Waals surface area contributed by atoms with Gasteiger partial charge in [0, 0.05) is 11.5 Å². The molecule has 0 aliphatic carbocycles. The van der Waals surface area contributed by atoms with Crippen molar-refractivity contribution in [1.82, 2.24) is 0 Å². The zero-order chi connectivity index (χ0) is 21.4. The number of hydrogen-bond donors (Lipinski definition) is 1. The summed E-state index contributed by atoms with van der Waals surface area (Å²) in [5.41, 5.74) is 1.09. The van der Waals surface area contributed by atoms with Crippen molar-refractivity contribution in [3.63, 3.8) is 0 Å². The fourth-order valence-corrected chi connectivity index (χ4v) is 4.11. The molecule has 3 aromatic carbocycles. The fraction of sp³-hybridized carbons (Fsp3) is 0.105. The molecule has 1 N–H and O–H groups in total. The Morgan fingerprint density at radius 2 is 1.60 bits per heavy atom. The predicted molar refractivity (Wildman–Crippen MR) is 106 cm³/mol. The summed E-state index contributed by atoms with van der Waals surface area (Å²) in [5, 5.41) is 11.7. The molecule has 0 atom stereocenters. The molecule has 0 amide bonds. The van der Waals surface area contributed by atoms with Crippen molar-refractivity contribution in [1.29, 1.82) is 0 Å². The molecule has 0 saturated heterocycles. The van der Waals surface area contributed by atoms with E-state index in [9.17, 15) is 26.5 Å². The summed E-state index contributed by atoms with van der Waals surface area (Å²) in [7, 11) is -8.92. The number of fused-ring (bicyclic) bond motifs is 1. The molecule has 30 heavy (non-hydrogen) atoms. The minimum absolute atomic E-state index is 0. The van der Waals surface area contributed by atoms with Gasteiger partial charge in [-0.05, 0) is 61.5 Å². The molecule has 0 aromatic heterocycles. The minimum Gasteiger partial charge on any atom is -0.862 e. The van der Waals surface area contributed by atoms with Crippen LogP contribution >= 0.6 is 0 Å².